The maximum absolute atomic E-state index is 13.6. The third kappa shape index (κ3) is 2.33. The van der Waals surface area contributed by atoms with E-state index in [0.29, 0.717) is 11.8 Å². The quantitative estimate of drug-likeness (QED) is 0.905. The molecule has 0 spiro atoms. The number of carbonyl (C=O) groups excluding carboxylic acids is 1. The van der Waals surface area contributed by atoms with Crippen molar-refractivity contribution in [1.29, 1.82) is 0 Å². The molecule has 3 fully saturated rings. The van der Waals surface area contributed by atoms with Crippen LogP contribution in [0.5, 0.6) is 0 Å². The van der Waals surface area contributed by atoms with Crippen LogP contribution in [0.25, 0.3) is 0 Å². The van der Waals surface area contributed by atoms with Crippen LogP contribution in [0.3, 0.4) is 0 Å². The molecule has 1 aromatic rings. The Hall–Kier alpha value is -1.13. The van der Waals surface area contributed by atoms with Gasteiger partial charge in [-0.3, -0.25) is 4.79 Å². The zero-order valence-corrected chi connectivity index (χ0v) is 13.4. The highest BCUT2D eigenvalue weighted by Crippen LogP contribution is 2.46. The minimum Gasteiger partial charge on any atom is -0.341 e. The molecule has 2 heterocycles. The van der Waals surface area contributed by atoms with E-state index in [0.717, 1.165) is 51.0 Å². The number of benzene rings is 1. The molecule has 2 saturated heterocycles. The van der Waals surface area contributed by atoms with Crippen LogP contribution in [0, 0.1) is 17.7 Å². The summed E-state index contributed by atoms with van der Waals surface area (Å²) in [5, 5.41) is 3.40. The fraction of sp³-hybridized carbons (Fsp3) is 0.588. The molecule has 0 bridgehead atoms. The first kappa shape index (κ1) is 15.8. The monoisotopic (exact) mass is 324 g/mol. The molecule has 4 rings (SSSR count). The molecule has 0 aromatic heterocycles. The number of halogens is 2. The first-order valence-electron chi connectivity index (χ1n) is 7.95. The molecule has 1 aromatic carbocycles. The van der Waals surface area contributed by atoms with Crippen molar-refractivity contribution in [2.24, 2.45) is 11.8 Å². The normalized spacial score (nSPS) is 28.7. The second-order valence-corrected chi connectivity index (χ2v) is 6.83. The zero-order chi connectivity index (χ0) is 14.4. The smallest absolute Gasteiger partial charge is 0.233 e. The Bertz CT molecular complexity index is 564. The number of hydrogen-bond donors (Lipinski definition) is 1. The van der Waals surface area contributed by atoms with Crippen molar-refractivity contribution in [1.82, 2.24) is 10.2 Å². The summed E-state index contributed by atoms with van der Waals surface area (Å²) in [5.74, 6) is 1.21. The van der Waals surface area contributed by atoms with Crippen molar-refractivity contribution in [3.63, 3.8) is 0 Å². The lowest BCUT2D eigenvalue weighted by Gasteiger charge is -2.43. The minimum atomic E-state index is -0.450. The first-order chi connectivity index (χ1) is 10.2. The summed E-state index contributed by atoms with van der Waals surface area (Å²) in [6.07, 6.45) is 2.78. The molecule has 1 amide bonds. The lowest BCUT2D eigenvalue weighted by Crippen LogP contribution is -2.51. The Kier molecular flexibility index (Phi) is 4.17. The predicted octanol–water partition coefficient (Wildman–Crippen LogP) is 2.35. The van der Waals surface area contributed by atoms with Gasteiger partial charge in [-0.2, -0.15) is 0 Å². The van der Waals surface area contributed by atoms with E-state index in [-0.39, 0.29) is 24.1 Å². The Balaban J connectivity index is 0.00000144. The average Bonchev–Trinajstić information content (AvgIpc) is 2.97. The van der Waals surface area contributed by atoms with Crippen molar-refractivity contribution >= 4 is 18.3 Å². The zero-order valence-electron chi connectivity index (χ0n) is 12.6. The number of amides is 1. The van der Waals surface area contributed by atoms with E-state index >= 15 is 0 Å². The summed E-state index contributed by atoms with van der Waals surface area (Å²) in [5.41, 5.74) is 0.419. The summed E-state index contributed by atoms with van der Waals surface area (Å²) in [6, 6.07) is 6.64. The van der Waals surface area contributed by atoms with Crippen LogP contribution >= 0.6 is 12.4 Å². The van der Waals surface area contributed by atoms with Gasteiger partial charge in [0.2, 0.25) is 5.91 Å². The molecule has 1 saturated carbocycles. The van der Waals surface area contributed by atoms with Gasteiger partial charge in [-0.05, 0) is 42.4 Å². The van der Waals surface area contributed by atoms with Crippen molar-refractivity contribution in [2.45, 2.75) is 24.7 Å². The van der Waals surface area contributed by atoms with Crippen LogP contribution in [0.15, 0.2) is 24.3 Å². The van der Waals surface area contributed by atoms with Gasteiger partial charge in [-0.1, -0.05) is 18.6 Å². The van der Waals surface area contributed by atoms with Crippen molar-refractivity contribution in [2.75, 3.05) is 26.2 Å². The summed E-state index contributed by atoms with van der Waals surface area (Å²) in [4.78, 5) is 15.1. The Labute approximate surface area is 136 Å². The maximum Gasteiger partial charge on any atom is 0.233 e. The van der Waals surface area contributed by atoms with Crippen LogP contribution in [0.4, 0.5) is 4.39 Å². The molecule has 2 atom stereocenters. The molecule has 2 aliphatic heterocycles. The number of likely N-dealkylation sites (tertiary alicyclic amines) is 1. The second kappa shape index (κ2) is 5.82. The summed E-state index contributed by atoms with van der Waals surface area (Å²) >= 11 is 0. The van der Waals surface area contributed by atoms with E-state index in [2.05, 4.69) is 5.32 Å². The topological polar surface area (TPSA) is 32.3 Å². The van der Waals surface area contributed by atoms with E-state index in [4.69, 9.17) is 0 Å². The SMILES string of the molecule is Cl.O=C(N1C[C@H]2CNC[C@H]2C1)C1(c2cccc(F)c2)CCC1. The largest absolute Gasteiger partial charge is 0.341 e. The van der Waals surface area contributed by atoms with Gasteiger partial charge in [-0.25, -0.2) is 4.39 Å². The Morgan fingerprint density at radius 3 is 2.45 bits per heavy atom. The first-order valence-corrected chi connectivity index (χ1v) is 7.95. The van der Waals surface area contributed by atoms with Gasteiger partial charge in [0.15, 0.2) is 0 Å². The van der Waals surface area contributed by atoms with Gasteiger partial charge in [-0.15, -0.1) is 12.4 Å². The fourth-order valence-electron chi connectivity index (χ4n) is 4.27. The van der Waals surface area contributed by atoms with Gasteiger partial charge in [0.05, 0.1) is 5.41 Å². The molecule has 22 heavy (non-hydrogen) atoms. The van der Waals surface area contributed by atoms with Crippen LogP contribution in [-0.4, -0.2) is 37.0 Å². The summed E-state index contributed by atoms with van der Waals surface area (Å²) < 4.78 is 13.6. The van der Waals surface area contributed by atoms with E-state index in [9.17, 15) is 9.18 Å². The predicted molar refractivity (Wildman–Crippen MR) is 85.6 cm³/mol. The third-order valence-corrected chi connectivity index (χ3v) is 5.67. The molecule has 0 radical (unpaired) electrons. The van der Waals surface area contributed by atoms with Crippen LogP contribution in [0.1, 0.15) is 24.8 Å². The molecule has 3 aliphatic rings. The van der Waals surface area contributed by atoms with Gasteiger partial charge in [0.1, 0.15) is 5.82 Å². The number of carbonyl (C=O) groups is 1. The van der Waals surface area contributed by atoms with Crippen molar-refractivity contribution in [3.05, 3.63) is 35.6 Å². The molecule has 3 nitrogen and oxygen atoms in total. The number of nitrogens with zero attached hydrogens (tertiary/aromatic N) is 1. The average molecular weight is 325 g/mol. The Morgan fingerprint density at radius 1 is 1.23 bits per heavy atom. The standard InChI is InChI=1S/C17H21FN2O.ClH/c18-15-4-1-3-14(7-15)17(5-2-6-17)16(21)20-10-12-8-19-9-13(12)11-20;/h1,3-4,7,12-13,19H,2,5-6,8-11H2;1H/t12-,13+;. The third-order valence-electron chi connectivity index (χ3n) is 5.67. The molecule has 5 heteroatoms. The molecule has 1 N–H and O–H groups in total. The molecular formula is C17H22ClFN2O. The molecular weight excluding hydrogens is 303 g/mol. The number of nitrogens with one attached hydrogen (secondary N) is 1. The summed E-state index contributed by atoms with van der Waals surface area (Å²) in [7, 11) is 0. The van der Waals surface area contributed by atoms with E-state index in [1.807, 2.05) is 11.0 Å². The molecule has 120 valence electrons. The number of hydrogen-bond acceptors (Lipinski definition) is 2. The van der Waals surface area contributed by atoms with Gasteiger partial charge in [0.25, 0.3) is 0 Å². The lowest BCUT2D eigenvalue weighted by atomic mass is 9.63. The highest BCUT2D eigenvalue weighted by Gasteiger charge is 2.50. The van der Waals surface area contributed by atoms with E-state index in [1.54, 1.807) is 12.1 Å². The highest BCUT2D eigenvalue weighted by atomic mass is 35.5. The van der Waals surface area contributed by atoms with Gasteiger partial charge >= 0.3 is 0 Å². The van der Waals surface area contributed by atoms with Crippen molar-refractivity contribution < 1.29 is 9.18 Å². The van der Waals surface area contributed by atoms with Gasteiger partial charge in [0, 0.05) is 26.2 Å². The maximum atomic E-state index is 13.6. The second-order valence-electron chi connectivity index (χ2n) is 6.83. The summed E-state index contributed by atoms with van der Waals surface area (Å²) in [6.45, 7) is 3.80. The van der Waals surface area contributed by atoms with Crippen LogP contribution in [0.2, 0.25) is 0 Å². The molecule has 0 unspecified atom stereocenters. The number of rotatable bonds is 2. The van der Waals surface area contributed by atoms with Crippen LogP contribution < -0.4 is 5.32 Å². The highest BCUT2D eigenvalue weighted by molar-refractivity contribution is 5.89. The van der Waals surface area contributed by atoms with E-state index < -0.39 is 5.41 Å². The fourth-order valence-corrected chi connectivity index (χ4v) is 4.27. The minimum absolute atomic E-state index is 0. The van der Waals surface area contributed by atoms with E-state index in [1.165, 1.54) is 6.07 Å². The lowest BCUT2D eigenvalue weighted by molar-refractivity contribution is -0.140. The van der Waals surface area contributed by atoms with Gasteiger partial charge < -0.3 is 10.2 Å². The van der Waals surface area contributed by atoms with Crippen LogP contribution in [-0.2, 0) is 10.2 Å². The molecule has 1 aliphatic carbocycles. The Morgan fingerprint density at radius 2 is 1.91 bits per heavy atom. The number of fused-ring (bicyclic) bond motifs is 1. The van der Waals surface area contributed by atoms with Crippen molar-refractivity contribution in [3.8, 4) is 0 Å².